The number of rotatable bonds is 4. The van der Waals surface area contributed by atoms with E-state index < -0.39 is 30.3 Å². The number of hydrazine groups is 1. The summed E-state index contributed by atoms with van der Waals surface area (Å²) in [6.07, 6.45) is -0.811. The zero-order chi connectivity index (χ0) is 10.6. The number of carboxylic acid groups (broad SMARTS) is 2. The lowest BCUT2D eigenvalue weighted by Crippen LogP contribution is -2.48. The van der Waals surface area contributed by atoms with E-state index in [1.807, 2.05) is 0 Å². The molecule has 1 atom stereocenters. The summed E-state index contributed by atoms with van der Waals surface area (Å²) >= 11 is 0. The van der Waals surface area contributed by atoms with Gasteiger partial charge in [-0.15, -0.1) is 0 Å². The average Bonchev–Trinajstić information content (AvgIpc) is 2.00. The number of carbonyl (C=O) groups is 3. The van der Waals surface area contributed by atoms with Gasteiger partial charge in [0.05, 0.1) is 0 Å². The minimum atomic E-state index is -1.35. The predicted octanol–water partition coefficient (Wildman–Crippen LogP) is -1.36. The molecule has 0 aliphatic rings. The Bertz CT molecular complexity index is 239. The molecule has 7 nitrogen and oxygen atoms in total. The largest absolute Gasteiger partial charge is 0.481 e. The molecule has 0 heterocycles. The average molecular weight is 190 g/mol. The van der Waals surface area contributed by atoms with Crippen LogP contribution in [0.2, 0.25) is 0 Å². The van der Waals surface area contributed by atoms with Crippen LogP contribution in [-0.4, -0.2) is 39.1 Å². The van der Waals surface area contributed by atoms with Crippen LogP contribution in [0.15, 0.2) is 0 Å². The lowest BCUT2D eigenvalue weighted by Gasteiger charge is -2.19. The monoisotopic (exact) mass is 190 g/mol. The number of hydrogen-bond donors (Lipinski definition) is 3. The van der Waals surface area contributed by atoms with Crippen molar-refractivity contribution in [1.82, 2.24) is 5.01 Å². The molecular weight excluding hydrogens is 180 g/mol. The highest BCUT2D eigenvalue weighted by Crippen LogP contribution is 1.96. The molecule has 1 amide bonds. The molecule has 0 bridgehead atoms. The fraction of sp³-hybridized carbons (Fsp3) is 0.500. The fourth-order valence-electron chi connectivity index (χ4n) is 0.556. The van der Waals surface area contributed by atoms with Crippen LogP contribution >= 0.6 is 0 Å². The molecule has 0 saturated carbocycles. The van der Waals surface area contributed by atoms with Crippen molar-refractivity contribution in [1.29, 1.82) is 0 Å². The molecule has 0 saturated heterocycles. The van der Waals surface area contributed by atoms with Crippen molar-refractivity contribution in [2.24, 2.45) is 5.84 Å². The van der Waals surface area contributed by atoms with Gasteiger partial charge in [0.15, 0.2) is 0 Å². The molecule has 74 valence electrons. The van der Waals surface area contributed by atoms with Crippen molar-refractivity contribution in [3.05, 3.63) is 0 Å². The quantitative estimate of drug-likeness (QED) is 0.218. The zero-order valence-electron chi connectivity index (χ0n) is 6.93. The molecule has 0 spiro atoms. The number of nitrogens with zero attached hydrogens (tertiary/aromatic N) is 1. The summed E-state index contributed by atoms with van der Waals surface area (Å²) in [4.78, 5) is 31.2. The van der Waals surface area contributed by atoms with Crippen molar-refractivity contribution in [2.75, 3.05) is 0 Å². The van der Waals surface area contributed by atoms with Gasteiger partial charge in [-0.25, -0.2) is 10.6 Å². The number of amides is 1. The van der Waals surface area contributed by atoms with E-state index in [-0.39, 0.29) is 0 Å². The highest BCUT2D eigenvalue weighted by Gasteiger charge is 2.23. The Morgan fingerprint density at radius 1 is 1.38 bits per heavy atom. The van der Waals surface area contributed by atoms with Gasteiger partial charge in [0.2, 0.25) is 5.91 Å². The van der Waals surface area contributed by atoms with E-state index in [9.17, 15) is 14.4 Å². The Balaban J connectivity index is 4.25. The van der Waals surface area contributed by atoms with Crippen LogP contribution in [0.25, 0.3) is 0 Å². The topological polar surface area (TPSA) is 121 Å². The molecule has 0 fully saturated rings. The zero-order valence-corrected chi connectivity index (χ0v) is 6.93. The summed E-state index contributed by atoms with van der Waals surface area (Å²) < 4.78 is 0. The second-order valence-electron chi connectivity index (χ2n) is 2.39. The lowest BCUT2D eigenvalue weighted by molar-refractivity contribution is -0.153. The second kappa shape index (κ2) is 4.41. The highest BCUT2D eigenvalue weighted by atomic mass is 16.4. The van der Waals surface area contributed by atoms with Gasteiger partial charge in [0.25, 0.3) is 0 Å². The van der Waals surface area contributed by atoms with E-state index >= 15 is 0 Å². The molecule has 0 aromatic carbocycles. The minimum Gasteiger partial charge on any atom is -0.481 e. The van der Waals surface area contributed by atoms with Gasteiger partial charge >= 0.3 is 11.9 Å². The van der Waals surface area contributed by atoms with Crippen LogP contribution in [-0.2, 0) is 14.4 Å². The van der Waals surface area contributed by atoms with Crippen molar-refractivity contribution in [3.8, 4) is 0 Å². The molecule has 0 radical (unpaired) electrons. The smallest absolute Gasteiger partial charge is 0.327 e. The number of nitrogens with two attached hydrogens (primary N) is 1. The Labute approximate surface area is 73.7 Å². The molecule has 0 aromatic rings. The van der Waals surface area contributed by atoms with Gasteiger partial charge in [0.1, 0.15) is 12.5 Å². The summed E-state index contributed by atoms with van der Waals surface area (Å²) in [6.45, 7) is 1.18. The lowest BCUT2D eigenvalue weighted by atomic mass is 10.3. The Hall–Kier alpha value is -1.63. The van der Waals surface area contributed by atoms with E-state index in [2.05, 4.69) is 0 Å². The Morgan fingerprint density at radius 2 is 1.85 bits per heavy atom. The number of aliphatic carboxylic acids is 2. The van der Waals surface area contributed by atoms with Crippen LogP contribution in [0.1, 0.15) is 13.3 Å². The first-order chi connectivity index (χ1) is 5.86. The van der Waals surface area contributed by atoms with Crippen LogP contribution < -0.4 is 5.84 Å². The van der Waals surface area contributed by atoms with Crippen LogP contribution in [0, 0.1) is 0 Å². The molecule has 13 heavy (non-hydrogen) atoms. The number of hydrogen-bond acceptors (Lipinski definition) is 4. The van der Waals surface area contributed by atoms with Gasteiger partial charge in [-0.2, -0.15) is 0 Å². The highest BCUT2D eigenvalue weighted by molar-refractivity contribution is 5.94. The molecule has 0 aliphatic heterocycles. The van der Waals surface area contributed by atoms with E-state index in [0.717, 1.165) is 0 Å². The maximum atomic E-state index is 10.9. The summed E-state index contributed by atoms with van der Waals surface area (Å²) in [7, 11) is 0. The van der Waals surface area contributed by atoms with Gasteiger partial charge in [-0.05, 0) is 6.92 Å². The molecule has 7 heteroatoms. The van der Waals surface area contributed by atoms with Crippen molar-refractivity contribution >= 4 is 17.8 Å². The summed E-state index contributed by atoms with van der Waals surface area (Å²) in [5.74, 6) is 1.47. The van der Waals surface area contributed by atoms with Crippen molar-refractivity contribution in [3.63, 3.8) is 0 Å². The van der Waals surface area contributed by atoms with Gasteiger partial charge in [0, 0.05) is 0 Å². The number of carbonyl (C=O) groups excluding carboxylic acids is 1. The van der Waals surface area contributed by atoms with Crippen LogP contribution in [0.5, 0.6) is 0 Å². The molecular formula is C6H10N2O5. The van der Waals surface area contributed by atoms with E-state index in [1.165, 1.54) is 6.92 Å². The van der Waals surface area contributed by atoms with E-state index in [1.54, 1.807) is 0 Å². The molecule has 0 aliphatic carbocycles. The normalized spacial score (nSPS) is 11.8. The first-order valence-corrected chi connectivity index (χ1v) is 3.37. The van der Waals surface area contributed by atoms with Crippen LogP contribution in [0.4, 0.5) is 0 Å². The Kier molecular flexibility index (Phi) is 3.86. The molecule has 0 aromatic heterocycles. The summed E-state index contributed by atoms with van der Waals surface area (Å²) in [5, 5.41) is 17.0. The molecule has 0 unspecified atom stereocenters. The third kappa shape index (κ3) is 3.52. The standard InChI is InChI=1S/C6H10N2O5/c1-3(6(12)13)8(7)4(9)2-5(10)11/h3H,2,7H2,1H3,(H,10,11)(H,12,13)/t3-/m1/s1. The van der Waals surface area contributed by atoms with E-state index in [4.69, 9.17) is 16.1 Å². The van der Waals surface area contributed by atoms with Crippen molar-refractivity contribution in [2.45, 2.75) is 19.4 Å². The number of carboxylic acids is 2. The van der Waals surface area contributed by atoms with Gasteiger partial charge in [-0.1, -0.05) is 0 Å². The molecule has 4 N–H and O–H groups in total. The third-order valence-electron chi connectivity index (χ3n) is 1.37. The van der Waals surface area contributed by atoms with E-state index in [0.29, 0.717) is 5.01 Å². The summed E-state index contributed by atoms with van der Waals surface area (Å²) in [5.41, 5.74) is 0. The van der Waals surface area contributed by atoms with Crippen molar-refractivity contribution < 1.29 is 24.6 Å². The minimum absolute atomic E-state index is 0.385. The molecule has 0 rings (SSSR count). The first-order valence-electron chi connectivity index (χ1n) is 3.37. The SMILES string of the molecule is C[C@H](C(=O)O)N(N)C(=O)CC(=O)O. The van der Waals surface area contributed by atoms with Gasteiger partial charge < -0.3 is 10.2 Å². The fourth-order valence-corrected chi connectivity index (χ4v) is 0.556. The predicted molar refractivity (Wildman–Crippen MR) is 40.4 cm³/mol. The first kappa shape index (κ1) is 11.4. The van der Waals surface area contributed by atoms with Gasteiger partial charge in [-0.3, -0.25) is 14.6 Å². The second-order valence-corrected chi connectivity index (χ2v) is 2.39. The Morgan fingerprint density at radius 3 is 2.15 bits per heavy atom. The maximum absolute atomic E-state index is 10.9. The van der Waals surface area contributed by atoms with Crippen LogP contribution in [0.3, 0.4) is 0 Å². The maximum Gasteiger partial charge on any atom is 0.327 e. The third-order valence-corrected chi connectivity index (χ3v) is 1.37. The summed E-state index contributed by atoms with van der Waals surface area (Å²) in [6, 6.07) is -1.23.